The van der Waals surface area contributed by atoms with E-state index < -0.39 is 0 Å². The standard InChI is InChI=1S/C17H24N2O/c1-13(2)11-17(20)19-10-9-18-8-7-14-5-3-4-6-15(14)16(18)12-19/h3-6,13,16H,7-12H2,1-2H3. The van der Waals surface area contributed by atoms with E-state index in [0.29, 0.717) is 24.3 Å². The van der Waals surface area contributed by atoms with Crippen LogP contribution in [0.2, 0.25) is 0 Å². The fourth-order valence-electron chi connectivity index (χ4n) is 3.44. The largest absolute Gasteiger partial charge is 0.339 e. The highest BCUT2D eigenvalue weighted by molar-refractivity contribution is 5.76. The highest BCUT2D eigenvalue weighted by atomic mass is 16.2. The first-order chi connectivity index (χ1) is 9.65. The molecule has 0 N–H and O–H groups in total. The van der Waals surface area contributed by atoms with Crippen LogP contribution in [-0.2, 0) is 11.2 Å². The van der Waals surface area contributed by atoms with Gasteiger partial charge in [-0.1, -0.05) is 38.1 Å². The minimum atomic E-state index is 0.322. The van der Waals surface area contributed by atoms with Crippen molar-refractivity contribution in [2.45, 2.75) is 32.7 Å². The molecule has 0 saturated carbocycles. The fraction of sp³-hybridized carbons (Fsp3) is 0.588. The maximum atomic E-state index is 12.3. The van der Waals surface area contributed by atoms with Crippen LogP contribution in [0.15, 0.2) is 24.3 Å². The maximum Gasteiger partial charge on any atom is 0.222 e. The summed E-state index contributed by atoms with van der Waals surface area (Å²) in [6.07, 6.45) is 1.82. The molecule has 2 aliphatic rings. The van der Waals surface area contributed by atoms with Crippen LogP contribution in [0.3, 0.4) is 0 Å². The molecule has 0 radical (unpaired) electrons. The molecule has 0 aromatic heterocycles. The number of benzene rings is 1. The quantitative estimate of drug-likeness (QED) is 0.826. The van der Waals surface area contributed by atoms with Crippen LogP contribution in [0.5, 0.6) is 0 Å². The van der Waals surface area contributed by atoms with Gasteiger partial charge in [0.05, 0.1) is 6.04 Å². The van der Waals surface area contributed by atoms with Gasteiger partial charge < -0.3 is 4.90 Å². The van der Waals surface area contributed by atoms with E-state index in [1.807, 2.05) is 0 Å². The molecular weight excluding hydrogens is 248 g/mol. The number of hydrogen-bond donors (Lipinski definition) is 0. The van der Waals surface area contributed by atoms with Crippen LogP contribution in [0.25, 0.3) is 0 Å². The van der Waals surface area contributed by atoms with Crippen LogP contribution < -0.4 is 0 Å². The lowest BCUT2D eigenvalue weighted by atomic mass is 9.91. The minimum Gasteiger partial charge on any atom is -0.339 e. The molecule has 1 fully saturated rings. The van der Waals surface area contributed by atoms with Crippen LogP contribution >= 0.6 is 0 Å². The van der Waals surface area contributed by atoms with Crippen molar-refractivity contribution in [1.29, 1.82) is 0 Å². The van der Waals surface area contributed by atoms with Crippen LogP contribution in [0, 0.1) is 5.92 Å². The van der Waals surface area contributed by atoms with Gasteiger partial charge in [0.15, 0.2) is 0 Å². The van der Waals surface area contributed by atoms with Gasteiger partial charge >= 0.3 is 0 Å². The Kier molecular flexibility index (Phi) is 3.79. The van der Waals surface area contributed by atoms with Gasteiger partial charge in [0.25, 0.3) is 0 Å². The van der Waals surface area contributed by atoms with E-state index in [2.05, 4.69) is 47.9 Å². The summed E-state index contributed by atoms with van der Waals surface area (Å²) in [5, 5.41) is 0. The SMILES string of the molecule is CC(C)CC(=O)N1CCN2CCc3ccccc3C2C1. The van der Waals surface area contributed by atoms with Crippen molar-refractivity contribution < 1.29 is 4.79 Å². The molecule has 0 aliphatic carbocycles. The number of nitrogens with zero attached hydrogens (tertiary/aromatic N) is 2. The van der Waals surface area contributed by atoms with Crippen molar-refractivity contribution in [3.8, 4) is 0 Å². The lowest BCUT2D eigenvalue weighted by molar-refractivity contribution is -0.135. The summed E-state index contributed by atoms with van der Waals surface area (Å²) in [7, 11) is 0. The molecule has 1 amide bonds. The van der Waals surface area contributed by atoms with Crippen LogP contribution in [0.4, 0.5) is 0 Å². The highest BCUT2D eigenvalue weighted by Gasteiger charge is 2.33. The van der Waals surface area contributed by atoms with E-state index in [-0.39, 0.29) is 0 Å². The normalized spacial score (nSPS) is 22.6. The van der Waals surface area contributed by atoms with Crippen molar-refractivity contribution in [3.63, 3.8) is 0 Å². The summed E-state index contributed by atoms with van der Waals surface area (Å²) in [5.74, 6) is 0.766. The third-order valence-corrected chi connectivity index (χ3v) is 4.51. The smallest absolute Gasteiger partial charge is 0.222 e. The van der Waals surface area contributed by atoms with Crippen LogP contribution in [0.1, 0.15) is 37.4 Å². The number of carbonyl (C=O) groups is 1. The Morgan fingerprint density at radius 2 is 2.05 bits per heavy atom. The topological polar surface area (TPSA) is 23.6 Å². The third-order valence-electron chi connectivity index (χ3n) is 4.51. The highest BCUT2D eigenvalue weighted by Crippen LogP contribution is 2.32. The van der Waals surface area contributed by atoms with E-state index in [1.54, 1.807) is 0 Å². The fourth-order valence-corrected chi connectivity index (χ4v) is 3.44. The zero-order valence-electron chi connectivity index (χ0n) is 12.5. The molecule has 108 valence electrons. The molecule has 1 aromatic carbocycles. The molecule has 3 heteroatoms. The average molecular weight is 272 g/mol. The Balaban J connectivity index is 1.77. The van der Waals surface area contributed by atoms with Crippen molar-refractivity contribution in [1.82, 2.24) is 9.80 Å². The summed E-state index contributed by atoms with van der Waals surface area (Å²) in [6.45, 7) is 8.14. The minimum absolute atomic E-state index is 0.322. The molecular formula is C17H24N2O. The predicted octanol–water partition coefficient (Wildman–Crippen LogP) is 2.47. The van der Waals surface area contributed by atoms with Gasteiger partial charge in [-0.3, -0.25) is 9.69 Å². The van der Waals surface area contributed by atoms with Gasteiger partial charge in [-0.2, -0.15) is 0 Å². The lowest BCUT2D eigenvalue weighted by Gasteiger charge is -2.45. The number of carbonyl (C=O) groups excluding carboxylic acids is 1. The summed E-state index contributed by atoms with van der Waals surface area (Å²) in [5.41, 5.74) is 2.90. The summed E-state index contributed by atoms with van der Waals surface area (Å²) in [4.78, 5) is 16.9. The molecule has 3 rings (SSSR count). The second-order valence-corrected chi connectivity index (χ2v) is 6.44. The number of amides is 1. The van der Waals surface area contributed by atoms with E-state index in [1.165, 1.54) is 11.1 Å². The molecule has 2 heterocycles. The maximum absolute atomic E-state index is 12.3. The first kappa shape index (κ1) is 13.6. The molecule has 2 aliphatic heterocycles. The van der Waals surface area contributed by atoms with E-state index in [0.717, 1.165) is 32.6 Å². The van der Waals surface area contributed by atoms with E-state index >= 15 is 0 Å². The third kappa shape index (κ3) is 2.59. The number of fused-ring (bicyclic) bond motifs is 3. The van der Waals surface area contributed by atoms with Gasteiger partial charge in [-0.25, -0.2) is 0 Å². The van der Waals surface area contributed by atoms with Crippen molar-refractivity contribution in [2.24, 2.45) is 5.92 Å². The second kappa shape index (κ2) is 5.57. The Bertz CT molecular complexity index is 498. The van der Waals surface area contributed by atoms with Gasteiger partial charge in [0, 0.05) is 32.6 Å². The Morgan fingerprint density at radius 1 is 1.25 bits per heavy atom. The van der Waals surface area contributed by atoms with Gasteiger partial charge in [0.2, 0.25) is 5.91 Å². The molecule has 1 atom stereocenters. The Hall–Kier alpha value is -1.35. The first-order valence-corrected chi connectivity index (χ1v) is 7.75. The summed E-state index contributed by atoms with van der Waals surface area (Å²) in [6, 6.07) is 9.13. The number of piperazine rings is 1. The Labute approximate surface area is 121 Å². The average Bonchev–Trinajstić information content (AvgIpc) is 2.46. The number of rotatable bonds is 2. The summed E-state index contributed by atoms with van der Waals surface area (Å²) >= 11 is 0. The van der Waals surface area contributed by atoms with E-state index in [9.17, 15) is 4.79 Å². The molecule has 0 spiro atoms. The number of hydrogen-bond acceptors (Lipinski definition) is 2. The van der Waals surface area contributed by atoms with Gasteiger partial charge in [-0.15, -0.1) is 0 Å². The first-order valence-electron chi connectivity index (χ1n) is 7.75. The second-order valence-electron chi connectivity index (χ2n) is 6.44. The predicted molar refractivity (Wildman–Crippen MR) is 80.5 cm³/mol. The van der Waals surface area contributed by atoms with Crippen molar-refractivity contribution in [3.05, 3.63) is 35.4 Å². The van der Waals surface area contributed by atoms with Crippen molar-refractivity contribution in [2.75, 3.05) is 26.2 Å². The molecule has 3 nitrogen and oxygen atoms in total. The van der Waals surface area contributed by atoms with E-state index in [4.69, 9.17) is 0 Å². The van der Waals surface area contributed by atoms with Crippen LogP contribution in [-0.4, -0.2) is 41.9 Å². The zero-order valence-corrected chi connectivity index (χ0v) is 12.5. The molecule has 1 aromatic rings. The molecule has 0 bridgehead atoms. The Morgan fingerprint density at radius 3 is 2.85 bits per heavy atom. The van der Waals surface area contributed by atoms with Gasteiger partial charge in [0.1, 0.15) is 0 Å². The zero-order chi connectivity index (χ0) is 14.1. The monoisotopic (exact) mass is 272 g/mol. The lowest BCUT2D eigenvalue weighted by Crippen LogP contribution is -2.52. The molecule has 1 saturated heterocycles. The van der Waals surface area contributed by atoms with Crippen molar-refractivity contribution >= 4 is 5.91 Å². The summed E-state index contributed by atoms with van der Waals surface area (Å²) < 4.78 is 0. The molecule has 20 heavy (non-hydrogen) atoms. The molecule has 1 unspecified atom stereocenters. The van der Waals surface area contributed by atoms with Gasteiger partial charge in [-0.05, 0) is 23.5 Å².